The molecule has 34 heavy (non-hydrogen) atoms. The molecule has 0 aliphatic carbocycles. The fourth-order valence-electron chi connectivity index (χ4n) is 4.20. The lowest BCUT2D eigenvalue weighted by atomic mass is 10.1. The first kappa shape index (κ1) is 20.9. The maximum atomic E-state index is 12.8. The molecule has 0 saturated carbocycles. The third kappa shape index (κ3) is 3.52. The molecule has 6 nitrogen and oxygen atoms in total. The van der Waals surface area contributed by atoms with E-state index in [1.807, 2.05) is 60.7 Å². The average molecular weight is 488 g/mol. The quantitative estimate of drug-likeness (QED) is 0.179. The number of hydrogen-bond donors (Lipinski definition) is 0. The van der Waals surface area contributed by atoms with Crippen molar-refractivity contribution in [2.24, 2.45) is 0 Å². The Morgan fingerprint density at radius 1 is 0.529 bits per heavy atom. The highest BCUT2D eigenvalue weighted by Gasteiger charge is 2.23. The van der Waals surface area contributed by atoms with Gasteiger partial charge in [-0.15, -0.1) is 0 Å². The van der Waals surface area contributed by atoms with Crippen LogP contribution in [0.15, 0.2) is 93.3 Å². The lowest BCUT2D eigenvalue weighted by molar-refractivity contribution is 0.220. The molecule has 0 bridgehead atoms. The van der Waals surface area contributed by atoms with Crippen LogP contribution in [0.2, 0.25) is 0 Å². The third-order valence-corrected chi connectivity index (χ3v) is 8.06. The number of ether oxygens (including phenoxy) is 2. The van der Waals surface area contributed by atoms with Crippen molar-refractivity contribution in [2.45, 2.75) is 0 Å². The number of benzene rings is 4. The lowest BCUT2D eigenvalue weighted by Gasteiger charge is -2.08. The van der Waals surface area contributed by atoms with Gasteiger partial charge in [-0.05, 0) is 45.5 Å². The molecule has 0 radical (unpaired) electrons. The summed E-state index contributed by atoms with van der Waals surface area (Å²) in [5, 5.41) is 4.53. The van der Waals surface area contributed by atoms with E-state index in [9.17, 15) is 9.13 Å². The van der Waals surface area contributed by atoms with Crippen molar-refractivity contribution in [1.29, 1.82) is 0 Å². The fourth-order valence-corrected chi connectivity index (χ4v) is 6.48. The molecule has 2 heterocycles. The Morgan fingerprint density at radius 3 is 1.41 bits per heavy atom. The second-order valence-corrected chi connectivity index (χ2v) is 9.98. The maximum Gasteiger partial charge on any atom is 0.601 e. The Kier molecular flexibility index (Phi) is 5.26. The van der Waals surface area contributed by atoms with Gasteiger partial charge in [-0.25, -0.2) is 8.39 Å². The van der Waals surface area contributed by atoms with E-state index in [0.29, 0.717) is 32.9 Å². The van der Waals surface area contributed by atoms with Crippen molar-refractivity contribution in [3.63, 3.8) is 0 Å². The molecule has 4 aromatic carbocycles. The summed E-state index contributed by atoms with van der Waals surface area (Å²) in [5.74, 6) is 0.991. The highest BCUT2D eigenvalue weighted by molar-refractivity contribution is 7.37. The molecule has 6 rings (SSSR count). The van der Waals surface area contributed by atoms with E-state index in [2.05, 4.69) is 0 Å². The third-order valence-electron chi connectivity index (χ3n) is 5.68. The van der Waals surface area contributed by atoms with Crippen LogP contribution in [0.5, 0.6) is 11.5 Å². The van der Waals surface area contributed by atoms with E-state index in [1.54, 1.807) is 24.3 Å². The van der Waals surface area contributed by atoms with Gasteiger partial charge in [-0.2, -0.15) is 0 Å². The highest BCUT2D eigenvalue weighted by Crippen LogP contribution is 2.42. The molecule has 0 aliphatic rings. The first-order valence-corrected chi connectivity index (χ1v) is 13.1. The Balaban J connectivity index is 1.28. The second kappa shape index (κ2) is 8.57. The van der Waals surface area contributed by atoms with Gasteiger partial charge in [0.2, 0.25) is 0 Å². The van der Waals surface area contributed by atoms with Crippen molar-refractivity contribution in [2.75, 3.05) is 13.2 Å². The smallest absolute Gasteiger partial charge is 0.485 e. The van der Waals surface area contributed by atoms with Crippen LogP contribution in [0.3, 0.4) is 0 Å². The summed E-state index contributed by atoms with van der Waals surface area (Å²) >= 11 is 0. The molecule has 0 saturated heterocycles. The molecule has 0 spiro atoms. The minimum atomic E-state index is -2.09. The van der Waals surface area contributed by atoms with E-state index < -0.39 is 15.3 Å². The van der Waals surface area contributed by atoms with Gasteiger partial charge in [0.1, 0.15) is 13.2 Å². The molecule has 0 amide bonds. The van der Waals surface area contributed by atoms with Gasteiger partial charge in [0.05, 0.1) is 0 Å². The number of hydrogen-bond acceptors (Lipinski definition) is 6. The Morgan fingerprint density at radius 2 is 0.941 bits per heavy atom. The van der Waals surface area contributed by atoms with E-state index in [1.165, 1.54) is 0 Å². The number of fused-ring (bicyclic) bond motifs is 6. The first-order chi connectivity index (χ1) is 16.7. The van der Waals surface area contributed by atoms with Crippen LogP contribution in [0.25, 0.3) is 42.9 Å². The van der Waals surface area contributed by atoms with Crippen molar-refractivity contribution >= 4 is 58.3 Å². The van der Waals surface area contributed by atoms with Crippen LogP contribution in [-0.4, -0.2) is 13.2 Å². The summed E-state index contributed by atoms with van der Waals surface area (Å²) in [4.78, 5) is 0. The summed E-state index contributed by atoms with van der Waals surface area (Å²) < 4.78 is 48.7. The second-order valence-electron chi connectivity index (χ2n) is 7.69. The average Bonchev–Trinajstić information content (AvgIpc) is 2.86. The molecule has 166 valence electrons. The van der Waals surface area contributed by atoms with Gasteiger partial charge in [0, 0.05) is 21.5 Å². The largest absolute Gasteiger partial charge is 0.601 e. The number of para-hydroxylation sites is 2. The molecular formula is C26H18O6P2+2. The number of rotatable bonds is 5. The minimum Gasteiger partial charge on any atom is -0.485 e. The predicted molar refractivity (Wildman–Crippen MR) is 134 cm³/mol. The SMILES string of the molecule is O=[p+]1oc2ccccc2c2cccc(OCCOc3cccc4c5ccccc5o[p+](=O)c34)c21. The monoisotopic (exact) mass is 488 g/mol. The fraction of sp³-hybridized carbons (Fsp3) is 0.0769. The molecule has 2 aromatic heterocycles. The summed E-state index contributed by atoms with van der Waals surface area (Å²) in [5.41, 5.74) is 1.20. The molecule has 2 atom stereocenters. The van der Waals surface area contributed by atoms with Crippen LogP contribution in [0, 0.1) is 0 Å². The standard InChI is InChI=1S/C26H18O6P2/c27-33-25-19(17-7-1-3-11-21(17)31-33)9-5-13-23(25)29-15-16-30-24-14-6-10-20-18-8-2-4-12-22(18)32-34(28)26(20)24/h1-14H,15-16H2/q+2. The molecule has 2 unspecified atom stereocenters. The maximum absolute atomic E-state index is 12.8. The summed E-state index contributed by atoms with van der Waals surface area (Å²) in [6.45, 7) is 0.415. The van der Waals surface area contributed by atoms with Crippen LogP contribution in [0.1, 0.15) is 0 Å². The highest BCUT2D eigenvalue weighted by atomic mass is 31.1. The summed E-state index contributed by atoms with van der Waals surface area (Å²) in [7, 11) is -4.18. The van der Waals surface area contributed by atoms with E-state index in [0.717, 1.165) is 21.5 Å². The minimum absolute atomic E-state index is 0.208. The van der Waals surface area contributed by atoms with Crippen molar-refractivity contribution < 1.29 is 27.0 Å². The van der Waals surface area contributed by atoms with Gasteiger partial charge in [0.15, 0.2) is 22.7 Å². The zero-order valence-electron chi connectivity index (χ0n) is 17.8. The van der Waals surface area contributed by atoms with E-state index in [-0.39, 0.29) is 13.2 Å². The Labute approximate surface area is 195 Å². The van der Waals surface area contributed by atoms with Crippen molar-refractivity contribution in [3.05, 3.63) is 84.9 Å². The van der Waals surface area contributed by atoms with Gasteiger partial charge in [0.25, 0.3) is 10.2 Å². The van der Waals surface area contributed by atoms with Crippen molar-refractivity contribution in [3.8, 4) is 11.5 Å². The van der Waals surface area contributed by atoms with Crippen LogP contribution in [0.4, 0.5) is 0 Å². The van der Waals surface area contributed by atoms with Gasteiger partial charge < -0.3 is 9.47 Å². The van der Waals surface area contributed by atoms with Gasteiger partial charge in [-0.3, -0.25) is 0 Å². The van der Waals surface area contributed by atoms with Crippen LogP contribution in [-0.2, 0) is 9.13 Å². The summed E-state index contributed by atoms with van der Waals surface area (Å²) in [6.07, 6.45) is 0. The molecule has 0 aliphatic heterocycles. The summed E-state index contributed by atoms with van der Waals surface area (Å²) in [6, 6.07) is 26.1. The van der Waals surface area contributed by atoms with Crippen LogP contribution < -0.4 is 9.47 Å². The molecule has 8 heteroatoms. The lowest BCUT2D eigenvalue weighted by Crippen LogP contribution is -2.09. The molecule has 0 fully saturated rings. The molecular weight excluding hydrogens is 470 g/mol. The zero-order valence-corrected chi connectivity index (χ0v) is 19.6. The zero-order chi connectivity index (χ0) is 23.1. The van der Waals surface area contributed by atoms with Crippen LogP contribution >= 0.6 is 15.3 Å². The Hall–Kier alpha value is -3.72. The normalized spacial score (nSPS) is 12.5. The molecule has 6 aromatic rings. The van der Waals surface area contributed by atoms with Gasteiger partial charge >= 0.3 is 15.3 Å². The molecule has 0 N–H and O–H groups in total. The van der Waals surface area contributed by atoms with Crippen molar-refractivity contribution in [1.82, 2.24) is 0 Å². The topological polar surface area (TPSA) is 78.9 Å². The van der Waals surface area contributed by atoms with E-state index in [4.69, 9.17) is 17.9 Å². The Bertz CT molecular complexity index is 1690. The van der Waals surface area contributed by atoms with Gasteiger partial charge in [-0.1, -0.05) is 48.5 Å². The first-order valence-electron chi connectivity index (χ1n) is 10.7. The van der Waals surface area contributed by atoms with E-state index >= 15 is 0 Å². The predicted octanol–water partition coefficient (Wildman–Crippen LogP) is 8.43.